The Bertz CT molecular complexity index is 3450. The highest BCUT2D eigenvalue weighted by molar-refractivity contribution is 7.26. The van der Waals surface area contributed by atoms with Gasteiger partial charge in [-0.2, -0.15) is 9.97 Å². The van der Waals surface area contributed by atoms with E-state index in [0.717, 1.165) is 60.6 Å². The van der Waals surface area contributed by atoms with Crippen molar-refractivity contribution in [2.75, 3.05) is 0 Å². The SMILES string of the molecule is c1ccc(-c2nc(-c3ccccc3)nc(-n3c4ccccc4c4cc5sc6cc(-c7ccc(-c8cccc9c8oc8ccccc89)cc7)ccc6c5cc43)n2)cc1. The highest BCUT2D eigenvalue weighted by Crippen LogP contribution is 2.42. The normalized spacial score (nSPS) is 11.9. The lowest BCUT2D eigenvalue weighted by atomic mass is 9.98. The van der Waals surface area contributed by atoms with Crippen molar-refractivity contribution in [2.24, 2.45) is 0 Å². The smallest absolute Gasteiger partial charge is 0.238 e. The molecule has 0 aliphatic carbocycles. The Morgan fingerprint density at radius 3 is 1.79 bits per heavy atom. The predicted octanol–water partition coefficient (Wildman–Crippen LogP) is 13.9. The summed E-state index contributed by atoms with van der Waals surface area (Å²) in [6.07, 6.45) is 0. The van der Waals surface area contributed by atoms with E-state index in [1.54, 1.807) is 0 Å². The van der Waals surface area contributed by atoms with Crippen molar-refractivity contribution in [2.45, 2.75) is 0 Å². The van der Waals surface area contributed by atoms with Crippen LogP contribution in [0.3, 0.4) is 0 Å². The van der Waals surface area contributed by atoms with Crippen molar-refractivity contribution in [3.63, 3.8) is 0 Å². The van der Waals surface area contributed by atoms with Crippen LogP contribution in [0.2, 0.25) is 0 Å². The first-order valence-corrected chi connectivity index (χ1v) is 19.8. The van der Waals surface area contributed by atoms with Crippen molar-refractivity contribution in [3.05, 3.63) is 182 Å². The summed E-state index contributed by atoms with van der Waals surface area (Å²) in [6.45, 7) is 0. The molecule has 0 bridgehead atoms. The minimum Gasteiger partial charge on any atom is -0.455 e. The van der Waals surface area contributed by atoms with Crippen LogP contribution in [0.25, 0.3) is 115 Å². The Kier molecular flexibility index (Phi) is 7.03. The first kappa shape index (κ1) is 31.9. The summed E-state index contributed by atoms with van der Waals surface area (Å²) in [5.74, 6) is 1.87. The Morgan fingerprint density at radius 1 is 0.386 bits per heavy atom. The van der Waals surface area contributed by atoms with Crippen LogP contribution in [0.4, 0.5) is 0 Å². The maximum absolute atomic E-state index is 6.35. The molecule has 0 unspecified atom stereocenters. The molecule has 12 rings (SSSR count). The third kappa shape index (κ3) is 5.12. The molecule has 0 spiro atoms. The average Bonchev–Trinajstić information content (AvgIpc) is 3.95. The van der Waals surface area contributed by atoms with E-state index >= 15 is 0 Å². The van der Waals surface area contributed by atoms with E-state index in [9.17, 15) is 0 Å². The van der Waals surface area contributed by atoms with Crippen LogP contribution in [-0.4, -0.2) is 19.5 Å². The Balaban J connectivity index is 0.984. The van der Waals surface area contributed by atoms with Crippen LogP contribution in [0, 0.1) is 0 Å². The van der Waals surface area contributed by atoms with Gasteiger partial charge in [0.05, 0.1) is 11.0 Å². The van der Waals surface area contributed by atoms with Gasteiger partial charge in [-0.1, -0.05) is 152 Å². The van der Waals surface area contributed by atoms with E-state index in [2.05, 4.69) is 114 Å². The van der Waals surface area contributed by atoms with Crippen molar-refractivity contribution in [1.29, 1.82) is 0 Å². The molecule has 0 atom stereocenters. The number of fused-ring (bicyclic) bond motifs is 9. The lowest BCUT2D eigenvalue weighted by Crippen LogP contribution is -2.06. The second-order valence-corrected chi connectivity index (χ2v) is 15.5. The molecule has 12 aromatic rings. The van der Waals surface area contributed by atoms with Crippen molar-refractivity contribution in [3.8, 4) is 51.0 Å². The van der Waals surface area contributed by atoms with Crippen molar-refractivity contribution in [1.82, 2.24) is 19.5 Å². The third-order valence-electron chi connectivity index (χ3n) is 11.1. The largest absolute Gasteiger partial charge is 0.455 e. The molecule has 0 radical (unpaired) electrons. The fourth-order valence-corrected chi connectivity index (χ4v) is 9.51. The van der Waals surface area contributed by atoms with Gasteiger partial charge in [-0.15, -0.1) is 11.3 Å². The molecular weight excluding hydrogens is 717 g/mol. The standard InChI is InChI=1S/C51H30N4OS/c1-3-12-33(13-4-1)49-52-50(34-14-5-2-6-15-34)54-51(53-49)55-43-20-9-7-16-37(43)41-30-47-42(29-44(41)55)39-27-26-35(28-46(39)57-47)31-22-24-32(25-23-31)36-18-11-19-40-38-17-8-10-21-45(38)56-48(36)40/h1-30H. The molecule has 0 aliphatic heterocycles. The highest BCUT2D eigenvalue weighted by Gasteiger charge is 2.20. The van der Waals surface area contributed by atoms with Gasteiger partial charge >= 0.3 is 0 Å². The van der Waals surface area contributed by atoms with Crippen LogP contribution in [-0.2, 0) is 0 Å². The van der Waals surface area contributed by atoms with E-state index in [1.807, 2.05) is 84.1 Å². The Hall–Kier alpha value is -7.41. The molecule has 4 aromatic heterocycles. The predicted molar refractivity (Wildman–Crippen MR) is 236 cm³/mol. The van der Waals surface area contributed by atoms with Crippen LogP contribution in [0.15, 0.2) is 186 Å². The number of nitrogens with zero attached hydrogens (tertiary/aromatic N) is 4. The highest BCUT2D eigenvalue weighted by atomic mass is 32.1. The molecule has 4 heterocycles. The second-order valence-electron chi connectivity index (χ2n) is 14.4. The Labute approximate surface area is 330 Å². The summed E-state index contributed by atoms with van der Waals surface area (Å²) in [5.41, 5.74) is 10.4. The van der Waals surface area contributed by atoms with Crippen LogP contribution in [0.5, 0.6) is 0 Å². The first-order chi connectivity index (χ1) is 28.2. The zero-order valence-electron chi connectivity index (χ0n) is 30.4. The average molecular weight is 747 g/mol. The number of hydrogen-bond donors (Lipinski definition) is 0. The molecule has 0 saturated heterocycles. The van der Waals surface area contributed by atoms with E-state index < -0.39 is 0 Å². The number of para-hydroxylation sites is 3. The van der Waals surface area contributed by atoms with E-state index in [-0.39, 0.29) is 0 Å². The number of aromatic nitrogens is 4. The maximum atomic E-state index is 6.35. The van der Waals surface area contributed by atoms with Crippen molar-refractivity contribution < 1.29 is 4.42 Å². The van der Waals surface area contributed by atoms with Gasteiger partial charge in [0, 0.05) is 58.4 Å². The molecule has 0 fully saturated rings. The number of benzene rings is 8. The summed E-state index contributed by atoms with van der Waals surface area (Å²) in [4.78, 5) is 15.2. The van der Waals surface area contributed by atoms with E-state index in [0.29, 0.717) is 17.6 Å². The molecule has 0 amide bonds. The van der Waals surface area contributed by atoms with Crippen LogP contribution >= 0.6 is 11.3 Å². The quantitative estimate of drug-likeness (QED) is 0.176. The monoisotopic (exact) mass is 746 g/mol. The van der Waals surface area contributed by atoms with Gasteiger partial charge in [-0.05, 0) is 47.0 Å². The van der Waals surface area contributed by atoms with Gasteiger partial charge in [0.2, 0.25) is 5.95 Å². The molecule has 0 N–H and O–H groups in total. The zero-order valence-corrected chi connectivity index (χ0v) is 31.2. The van der Waals surface area contributed by atoms with Gasteiger partial charge in [-0.3, -0.25) is 4.57 Å². The number of rotatable bonds is 5. The fourth-order valence-electron chi connectivity index (χ4n) is 8.35. The third-order valence-corrected chi connectivity index (χ3v) is 12.2. The molecule has 6 heteroatoms. The summed E-state index contributed by atoms with van der Waals surface area (Å²) < 4.78 is 11.0. The zero-order chi connectivity index (χ0) is 37.5. The van der Waals surface area contributed by atoms with E-state index in [4.69, 9.17) is 19.4 Å². The molecule has 8 aromatic carbocycles. The number of hydrogen-bond acceptors (Lipinski definition) is 5. The molecule has 0 saturated carbocycles. The topological polar surface area (TPSA) is 56.7 Å². The first-order valence-electron chi connectivity index (χ1n) is 19.0. The molecular formula is C51H30N4OS. The lowest BCUT2D eigenvalue weighted by molar-refractivity contribution is 0.670. The van der Waals surface area contributed by atoms with Gasteiger partial charge < -0.3 is 4.42 Å². The fraction of sp³-hybridized carbons (Fsp3) is 0. The van der Waals surface area contributed by atoms with Gasteiger partial charge in [0.25, 0.3) is 0 Å². The summed E-state index contributed by atoms with van der Waals surface area (Å²) >= 11 is 1.84. The lowest BCUT2D eigenvalue weighted by Gasteiger charge is -2.11. The maximum Gasteiger partial charge on any atom is 0.238 e. The van der Waals surface area contributed by atoms with E-state index in [1.165, 1.54) is 36.7 Å². The Morgan fingerprint density at radius 2 is 1.02 bits per heavy atom. The summed E-state index contributed by atoms with van der Waals surface area (Å²) in [7, 11) is 0. The van der Waals surface area contributed by atoms with Crippen LogP contribution < -0.4 is 0 Å². The minimum absolute atomic E-state index is 0.593. The number of thiophene rings is 1. The summed E-state index contributed by atoms with van der Waals surface area (Å²) in [5, 5.41) is 7.06. The van der Waals surface area contributed by atoms with Gasteiger partial charge in [0.1, 0.15) is 11.2 Å². The van der Waals surface area contributed by atoms with Gasteiger partial charge in [-0.25, -0.2) is 4.98 Å². The van der Waals surface area contributed by atoms with Crippen LogP contribution in [0.1, 0.15) is 0 Å². The van der Waals surface area contributed by atoms with Crippen molar-refractivity contribution >= 4 is 75.3 Å². The number of furan rings is 1. The second kappa shape index (κ2) is 12.6. The minimum atomic E-state index is 0.593. The summed E-state index contributed by atoms with van der Waals surface area (Å²) in [6, 6.07) is 63.8. The van der Waals surface area contributed by atoms with Gasteiger partial charge in [0.15, 0.2) is 11.6 Å². The molecule has 0 aliphatic rings. The molecule has 57 heavy (non-hydrogen) atoms. The molecule has 266 valence electrons. The molecule has 5 nitrogen and oxygen atoms in total.